The SMILES string of the molecule is C=CC(=O)OCC(COC(=O)C=C)(COC(=O)C=C)CC(=O)CC(COC(=O)C=C)(COC(=O)C=C)COC(=O)C=C. The van der Waals surface area contributed by atoms with Gasteiger partial charge in [-0.25, -0.2) is 28.8 Å². The van der Waals surface area contributed by atoms with Crippen molar-refractivity contribution in [3.8, 4) is 0 Å². The summed E-state index contributed by atoms with van der Waals surface area (Å²) in [6.07, 6.45) is 3.93. The van der Waals surface area contributed by atoms with Crippen molar-refractivity contribution in [1.82, 2.24) is 0 Å². The summed E-state index contributed by atoms with van der Waals surface area (Å²) >= 11 is 0. The lowest BCUT2D eigenvalue weighted by Gasteiger charge is -2.34. The fourth-order valence-electron chi connectivity index (χ4n) is 3.15. The number of hydrogen-bond donors (Lipinski definition) is 0. The highest BCUT2D eigenvalue weighted by Crippen LogP contribution is 2.32. The zero-order valence-electron chi connectivity index (χ0n) is 23.2. The van der Waals surface area contributed by atoms with Gasteiger partial charge in [-0.15, -0.1) is 0 Å². The summed E-state index contributed by atoms with van der Waals surface area (Å²) in [5, 5.41) is 0. The zero-order valence-corrected chi connectivity index (χ0v) is 23.2. The summed E-state index contributed by atoms with van der Waals surface area (Å²) < 4.78 is 30.7. The Morgan fingerprint density at radius 1 is 0.381 bits per heavy atom. The van der Waals surface area contributed by atoms with Gasteiger partial charge in [-0.2, -0.15) is 0 Å². The molecule has 13 nitrogen and oxygen atoms in total. The third-order valence-corrected chi connectivity index (χ3v) is 5.27. The van der Waals surface area contributed by atoms with Crippen LogP contribution < -0.4 is 0 Å². The standard InChI is InChI=1S/C29H34O13/c1-7-22(31)37-15-28(16-38-23(32)8-2,17-39-24(33)9-3)13-21(30)14-29(18-40-25(34)10-4,19-41-26(35)11-5)20-42-27(36)12-6/h7-12H,1-6,13-20H2. The molecule has 0 aromatic rings. The topological polar surface area (TPSA) is 175 Å². The van der Waals surface area contributed by atoms with Crippen molar-refractivity contribution in [2.75, 3.05) is 39.6 Å². The molecule has 0 unspecified atom stereocenters. The monoisotopic (exact) mass is 590 g/mol. The van der Waals surface area contributed by atoms with E-state index in [4.69, 9.17) is 28.4 Å². The van der Waals surface area contributed by atoms with Crippen LogP contribution in [-0.4, -0.2) is 81.2 Å². The summed E-state index contributed by atoms with van der Waals surface area (Å²) in [6, 6.07) is 0. The Balaban J connectivity index is 6.56. The number of carbonyl (C=O) groups is 7. The van der Waals surface area contributed by atoms with Gasteiger partial charge in [0.25, 0.3) is 0 Å². The number of hydrogen-bond acceptors (Lipinski definition) is 13. The minimum Gasteiger partial charge on any atom is -0.462 e. The third kappa shape index (κ3) is 14.4. The van der Waals surface area contributed by atoms with Gasteiger partial charge in [-0.1, -0.05) is 39.5 Å². The van der Waals surface area contributed by atoms with E-state index in [1.165, 1.54) is 0 Å². The summed E-state index contributed by atoms with van der Waals surface area (Å²) in [6.45, 7) is 16.2. The number of rotatable bonds is 22. The first-order chi connectivity index (χ1) is 19.8. The molecule has 228 valence electrons. The number of ketones is 1. The van der Waals surface area contributed by atoms with Gasteiger partial charge in [0.1, 0.15) is 45.4 Å². The molecule has 0 rings (SSSR count). The Hall–Kier alpha value is -5.07. The highest BCUT2D eigenvalue weighted by Gasteiger charge is 2.43. The lowest BCUT2D eigenvalue weighted by Crippen LogP contribution is -2.44. The average molecular weight is 591 g/mol. The van der Waals surface area contributed by atoms with Crippen molar-refractivity contribution in [2.45, 2.75) is 12.8 Å². The Bertz CT molecular complexity index is 895. The Labute approximate surface area is 243 Å². The highest BCUT2D eigenvalue weighted by molar-refractivity contribution is 5.85. The van der Waals surface area contributed by atoms with Crippen molar-refractivity contribution in [1.29, 1.82) is 0 Å². The first-order valence-corrected chi connectivity index (χ1v) is 12.1. The summed E-state index contributed by atoms with van der Waals surface area (Å²) in [7, 11) is 0. The van der Waals surface area contributed by atoms with E-state index in [1.807, 2.05) is 0 Å². The maximum atomic E-state index is 13.6. The fraction of sp³-hybridized carbons (Fsp3) is 0.345. The van der Waals surface area contributed by atoms with Crippen LogP contribution in [0.5, 0.6) is 0 Å². The second kappa shape index (κ2) is 19.1. The first kappa shape index (κ1) is 36.9. The van der Waals surface area contributed by atoms with E-state index >= 15 is 0 Å². The Kier molecular flexibility index (Phi) is 16.8. The van der Waals surface area contributed by atoms with Crippen LogP contribution >= 0.6 is 0 Å². The minimum absolute atomic E-state index is 0.575. The van der Waals surface area contributed by atoms with Crippen LogP contribution in [0.1, 0.15) is 12.8 Å². The van der Waals surface area contributed by atoms with Gasteiger partial charge >= 0.3 is 35.8 Å². The minimum atomic E-state index is -1.65. The summed E-state index contributed by atoms with van der Waals surface area (Å²) in [5.41, 5.74) is -3.29. The van der Waals surface area contributed by atoms with Crippen molar-refractivity contribution in [3.05, 3.63) is 75.9 Å². The van der Waals surface area contributed by atoms with Gasteiger partial charge in [0.05, 0.1) is 10.8 Å². The predicted molar refractivity (Wildman–Crippen MR) is 146 cm³/mol. The lowest BCUT2D eigenvalue weighted by atomic mass is 9.78. The lowest BCUT2D eigenvalue weighted by molar-refractivity contribution is -0.161. The maximum absolute atomic E-state index is 13.6. The molecule has 13 heteroatoms. The molecule has 0 aromatic heterocycles. The van der Waals surface area contributed by atoms with E-state index in [0.717, 1.165) is 36.5 Å². The Morgan fingerprint density at radius 3 is 0.690 bits per heavy atom. The molecule has 0 aliphatic carbocycles. The molecule has 0 N–H and O–H groups in total. The highest BCUT2D eigenvalue weighted by atomic mass is 16.6. The molecule has 0 radical (unpaired) electrons. The van der Waals surface area contributed by atoms with Crippen molar-refractivity contribution < 1.29 is 62.0 Å². The van der Waals surface area contributed by atoms with E-state index in [-0.39, 0.29) is 0 Å². The van der Waals surface area contributed by atoms with E-state index in [2.05, 4.69) is 39.5 Å². The van der Waals surface area contributed by atoms with E-state index in [0.29, 0.717) is 0 Å². The Morgan fingerprint density at radius 2 is 0.548 bits per heavy atom. The first-order valence-electron chi connectivity index (χ1n) is 12.1. The van der Waals surface area contributed by atoms with E-state index in [1.54, 1.807) is 0 Å². The smallest absolute Gasteiger partial charge is 0.330 e. The molecule has 0 amide bonds. The molecule has 0 bridgehead atoms. The van der Waals surface area contributed by atoms with Crippen LogP contribution in [0.25, 0.3) is 0 Å². The molecule has 0 aliphatic heterocycles. The predicted octanol–water partition coefficient (Wildman–Crippen LogP) is 1.68. The number of carbonyl (C=O) groups excluding carboxylic acids is 7. The van der Waals surface area contributed by atoms with E-state index < -0.39 is 105 Å². The van der Waals surface area contributed by atoms with Crippen molar-refractivity contribution >= 4 is 41.6 Å². The van der Waals surface area contributed by atoms with Gasteiger partial charge in [0, 0.05) is 49.3 Å². The number of Topliss-reactive ketones (excluding diaryl/α,β-unsaturated/α-hetero) is 1. The molecule has 42 heavy (non-hydrogen) atoms. The molecule has 0 fully saturated rings. The molecule has 0 atom stereocenters. The van der Waals surface area contributed by atoms with E-state index in [9.17, 15) is 33.6 Å². The average Bonchev–Trinajstić information content (AvgIpc) is 3.00. The molecule has 0 aromatic carbocycles. The number of ether oxygens (including phenoxy) is 6. The van der Waals surface area contributed by atoms with Crippen LogP contribution in [0, 0.1) is 10.8 Å². The van der Waals surface area contributed by atoms with Gasteiger partial charge < -0.3 is 28.4 Å². The second-order valence-corrected chi connectivity index (χ2v) is 8.76. The molecule has 0 spiro atoms. The van der Waals surface area contributed by atoms with Crippen molar-refractivity contribution in [2.24, 2.45) is 10.8 Å². The quantitative estimate of drug-likeness (QED) is 0.101. The molecular weight excluding hydrogens is 556 g/mol. The van der Waals surface area contributed by atoms with Crippen LogP contribution in [-0.2, 0) is 62.0 Å². The molecule has 0 saturated heterocycles. The second-order valence-electron chi connectivity index (χ2n) is 8.76. The van der Waals surface area contributed by atoms with Crippen LogP contribution in [0.3, 0.4) is 0 Å². The van der Waals surface area contributed by atoms with Crippen LogP contribution in [0.15, 0.2) is 75.9 Å². The number of esters is 6. The molecule has 0 aliphatic rings. The molecule has 0 saturated carbocycles. The zero-order chi connectivity index (χ0) is 32.2. The molecular formula is C29H34O13. The van der Waals surface area contributed by atoms with Gasteiger partial charge in [0.15, 0.2) is 0 Å². The third-order valence-electron chi connectivity index (χ3n) is 5.27. The van der Waals surface area contributed by atoms with Crippen LogP contribution in [0.2, 0.25) is 0 Å². The fourth-order valence-corrected chi connectivity index (χ4v) is 3.15. The normalized spacial score (nSPS) is 10.5. The maximum Gasteiger partial charge on any atom is 0.330 e. The molecule has 0 heterocycles. The van der Waals surface area contributed by atoms with Gasteiger partial charge in [-0.05, 0) is 0 Å². The van der Waals surface area contributed by atoms with Crippen molar-refractivity contribution in [3.63, 3.8) is 0 Å². The summed E-state index contributed by atoms with van der Waals surface area (Å²) in [4.78, 5) is 84.7. The van der Waals surface area contributed by atoms with Gasteiger partial charge in [-0.3, -0.25) is 4.79 Å². The largest absolute Gasteiger partial charge is 0.462 e. The van der Waals surface area contributed by atoms with Crippen LogP contribution in [0.4, 0.5) is 0 Å². The summed E-state index contributed by atoms with van der Waals surface area (Å²) in [5.74, 6) is -6.05. The van der Waals surface area contributed by atoms with Gasteiger partial charge in [0.2, 0.25) is 0 Å².